The number of allylic oxidation sites excluding steroid dienone is 1. The quantitative estimate of drug-likeness (QED) is 0.845. The van der Waals surface area contributed by atoms with Gasteiger partial charge in [-0.15, -0.1) is 0 Å². The lowest BCUT2D eigenvalue weighted by Gasteiger charge is -2.16. The van der Waals surface area contributed by atoms with Gasteiger partial charge in [0.05, 0.1) is 0 Å². The van der Waals surface area contributed by atoms with Crippen LogP contribution >= 0.6 is 0 Å². The average Bonchev–Trinajstić information content (AvgIpc) is 2.95. The van der Waals surface area contributed by atoms with Crippen LogP contribution in [0.25, 0.3) is 0 Å². The topological polar surface area (TPSA) is 60.5 Å². The summed E-state index contributed by atoms with van der Waals surface area (Å²) in [6, 6.07) is 12.8. The van der Waals surface area contributed by atoms with Gasteiger partial charge in [0.2, 0.25) is 0 Å². The van der Waals surface area contributed by atoms with Crippen LogP contribution in [-0.4, -0.2) is 17.2 Å². The van der Waals surface area contributed by atoms with E-state index in [0.29, 0.717) is 22.7 Å². The lowest BCUT2D eigenvalue weighted by atomic mass is 10.2. The van der Waals surface area contributed by atoms with E-state index in [4.69, 9.17) is 9.47 Å². The summed E-state index contributed by atoms with van der Waals surface area (Å²) in [6.07, 6.45) is 4.01. The molecule has 5 heteroatoms. The Labute approximate surface area is 139 Å². The second kappa shape index (κ2) is 6.83. The summed E-state index contributed by atoms with van der Waals surface area (Å²) in [5.74, 6) is 0.292. The van der Waals surface area contributed by atoms with Gasteiger partial charge in [-0.05, 0) is 30.3 Å². The zero-order valence-corrected chi connectivity index (χ0v) is 12.9. The van der Waals surface area contributed by atoms with Crippen molar-refractivity contribution in [3.05, 3.63) is 90.9 Å². The summed E-state index contributed by atoms with van der Waals surface area (Å²) >= 11 is 0. The van der Waals surface area contributed by atoms with Gasteiger partial charge in [0.1, 0.15) is 17.1 Å². The fourth-order valence-corrected chi connectivity index (χ4v) is 2.23. The number of hydrogen-bond donors (Lipinski definition) is 1. The normalized spacial score (nSPS) is 16.1. The van der Waals surface area contributed by atoms with E-state index in [-0.39, 0.29) is 0 Å². The zero-order chi connectivity index (χ0) is 16.9. The highest BCUT2D eigenvalue weighted by Crippen LogP contribution is 2.26. The van der Waals surface area contributed by atoms with E-state index in [1.807, 2.05) is 30.3 Å². The van der Waals surface area contributed by atoms with Crippen molar-refractivity contribution < 1.29 is 14.3 Å². The molecule has 24 heavy (non-hydrogen) atoms. The Morgan fingerprint density at radius 1 is 1.25 bits per heavy atom. The predicted octanol–water partition coefficient (Wildman–Crippen LogP) is 3.96. The van der Waals surface area contributed by atoms with Gasteiger partial charge in [-0.2, -0.15) is 0 Å². The van der Waals surface area contributed by atoms with Crippen molar-refractivity contribution in [2.45, 2.75) is 6.29 Å². The number of nitrogens with one attached hydrogen (secondary N) is 1. The molecule has 0 bridgehead atoms. The zero-order valence-electron chi connectivity index (χ0n) is 12.9. The van der Waals surface area contributed by atoms with Crippen LogP contribution < -0.4 is 5.32 Å². The summed E-state index contributed by atoms with van der Waals surface area (Å²) in [5.41, 5.74) is 1.78. The average molecular weight is 320 g/mol. The minimum absolute atomic E-state index is 0.311. The standard InChI is InChI=1S/C19H16N2O3/c1-3-14-12-13(2)23-19(14)24-18(22)16-10-7-11-20-17(16)21-15-8-5-4-6-9-15/h3-12,19H,1-2H2,(H,20,21). The van der Waals surface area contributed by atoms with Gasteiger partial charge in [0.25, 0.3) is 6.29 Å². The number of rotatable bonds is 5. The molecule has 5 nitrogen and oxygen atoms in total. The van der Waals surface area contributed by atoms with Crippen molar-refractivity contribution in [2.24, 2.45) is 0 Å². The number of carbonyl (C=O) groups is 1. The first-order valence-electron chi connectivity index (χ1n) is 7.35. The summed E-state index contributed by atoms with van der Waals surface area (Å²) in [6.45, 7) is 7.37. The Bertz CT molecular complexity index is 812. The first-order chi connectivity index (χ1) is 11.7. The maximum Gasteiger partial charge on any atom is 0.345 e. The summed E-state index contributed by atoms with van der Waals surface area (Å²) in [4.78, 5) is 16.7. The molecule has 0 amide bonds. The van der Waals surface area contributed by atoms with E-state index in [2.05, 4.69) is 23.5 Å². The van der Waals surface area contributed by atoms with Crippen LogP contribution in [0, 0.1) is 0 Å². The van der Waals surface area contributed by atoms with E-state index in [1.54, 1.807) is 30.5 Å². The Kier molecular flexibility index (Phi) is 4.43. The van der Waals surface area contributed by atoms with Gasteiger partial charge in [0, 0.05) is 17.5 Å². The first-order valence-corrected chi connectivity index (χ1v) is 7.35. The number of nitrogens with zero attached hydrogens (tertiary/aromatic N) is 1. The van der Waals surface area contributed by atoms with Gasteiger partial charge in [-0.3, -0.25) is 0 Å². The van der Waals surface area contributed by atoms with Crippen LogP contribution in [0.3, 0.4) is 0 Å². The predicted molar refractivity (Wildman–Crippen MR) is 91.7 cm³/mol. The lowest BCUT2D eigenvalue weighted by Crippen LogP contribution is -2.20. The molecule has 2 heterocycles. The molecule has 0 saturated carbocycles. The molecule has 0 fully saturated rings. The Hall–Kier alpha value is -3.34. The molecule has 1 aromatic heterocycles. The van der Waals surface area contributed by atoms with Crippen molar-refractivity contribution in [3.8, 4) is 0 Å². The number of aromatic nitrogens is 1. The maximum atomic E-state index is 12.5. The second-order valence-electron chi connectivity index (χ2n) is 5.06. The van der Waals surface area contributed by atoms with Gasteiger partial charge in [-0.25, -0.2) is 9.78 Å². The van der Waals surface area contributed by atoms with Crippen LogP contribution in [0.4, 0.5) is 11.5 Å². The van der Waals surface area contributed by atoms with Crippen LogP contribution in [0.1, 0.15) is 10.4 Å². The van der Waals surface area contributed by atoms with Gasteiger partial charge < -0.3 is 14.8 Å². The molecule has 1 aliphatic heterocycles. The molecule has 0 radical (unpaired) electrons. The maximum absolute atomic E-state index is 12.5. The number of esters is 1. The third-order valence-electron chi connectivity index (χ3n) is 3.37. The molecule has 0 saturated heterocycles. The summed E-state index contributed by atoms with van der Waals surface area (Å²) in [5, 5.41) is 3.11. The largest absolute Gasteiger partial charge is 0.451 e. The van der Waals surface area contributed by atoms with E-state index in [0.717, 1.165) is 5.69 Å². The molecule has 0 aliphatic carbocycles. The lowest BCUT2D eigenvalue weighted by molar-refractivity contribution is -0.0457. The Morgan fingerprint density at radius 3 is 2.79 bits per heavy atom. The number of ether oxygens (including phenoxy) is 2. The highest BCUT2D eigenvalue weighted by Gasteiger charge is 2.26. The van der Waals surface area contributed by atoms with Crippen molar-refractivity contribution in [1.29, 1.82) is 0 Å². The highest BCUT2D eigenvalue weighted by atomic mass is 16.7. The molecule has 1 N–H and O–H groups in total. The number of anilines is 2. The fourth-order valence-electron chi connectivity index (χ4n) is 2.23. The van der Waals surface area contributed by atoms with Crippen molar-refractivity contribution >= 4 is 17.5 Å². The molecule has 1 aromatic carbocycles. The van der Waals surface area contributed by atoms with Gasteiger partial charge in [0.15, 0.2) is 0 Å². The molecular weight excluding hydrogens is 304 g/mol. The van der Waals surface area contributed by atoms with Crippen molar-refractivity contribution in [3.63, 3.8) is 0 Å². The van der Waals surface area contributed by atoms with Gasteiger partial charge in [-0.1, -0.05) is 37.4 Å². The first kappa shape index (κ1) is 15.6. The third-order valence-corrected chi connectivity index (χ3v) is 3.37. The SMILES string of the molecule is C=CC1=CC(=C)OC1OC(=O)c1cccnc1Nc1ccccc1. The number of benzene rings is 1. The minimum Gasteiger partial charge on any atom is -0.451 e. The molecule has 0 spiro atoms. The van der Waals surface area contributed by atoms with E-state index >= 15 is 0 Å². The third kappa shape index (κ3) is 3.35. The Balaban J connectivity index is 1.79. The van der Waals surface area contributed by atoms with Crippen LogP contribution in [0.5, 0.6) is 0 Å². The van der Waals surface area contributed by atoms with Crippen molar-refractivity contribution in [2.75, 3.05) is 5.32 Å². The van der Waals surface area contributed by atoms with Crippen molar-refractivity contribution in [1.82, 2.24) is 4.98 Å². The highest BCUT2D eigenvalue weighted by molar-refractivity contribution is 5.95. The van der Waals surface area contributed by atoms with Crippen LogP contribution in [0.2, 0.25) is 0 Å². The monoisotopic (exact) mass is 320 g/mol. The van der Waals surface area contributed by atoms with Gasteiger partial charge >= 0.3 is 5.97 Å². The number of hydrogen-bond acceptors (Lipinski definition) is 5. The molecule has 3 rings (SSSR count). The Morgan fingerprint density at radius 2 is 2.04 bits per heavy atom. The number of pyridine rings is 1. The fraction of sp³-hybridized carbons (Fsp3) is 0.0526. The molecule has 1 atom stereocenters. The molecular formula is C19H16N2O3. The summed E-state index contributed by atoms with van der Waals surface area (Å²) < 4.78 is 10.8. The van der Waals surface area contributed by atoms with E-state index < -0.39 is 12.3 Å². The van der Waals surface area contributed by atoms with E-state index in [9.17, 15) is 4.79 Å². The molecule has 1 aliphatic rings. The molecule has 120 valence electrons. The smallest absolute Gasteiger partial charge is 0.345 e. The minimum atomic E-state index is -0.840. The molecule has 1 unspecified atom stereocenters. The molecule has 2 aromatic rings. The van der Waals surface area contributed by atoms with E-state index in [1.165, 1.54) is 0 Å². The summed E-state index contributed by atoms with van der Waals surface area (Å²) in [7, 11) is 0. The van der Waals surface area contributed by atoms with Crippen LogP contribution in [-0.2, 0) is 9.47 Å². The second-order valence-corrected chi connectivity index (χ2v) is 5.06. The number of para-hydroxylation sites is 1. The van der Waals surface area contributed by atoms with Crippen LogP contribution in [0.15, 0.2) is 85.3 Å². The number of carbonyl (C=O) groups excluding carboxylic acids is 1.